The molecule has 26 heavy (non-hydrogen) atoms. The van der Waals surface area contributed by atoms with E-state index in [1.165, 1.54) is 0 Å². The molecule has 0 saturated carbocycles. The number of rotatable bonds is 7. The lowest BCUT2D eigenvalue weighted by Gasteiger charge is -2.09. The molecular weight excluding hydrogens is 346 g/mol. The molecule has 2 N–H and O–H groups in total. The van der Waals surface area contributed by atoms with Gasteiger partial charge in [0.05, 0.1) is 0 Å². The minimum atomic E-state index is -0.266. The molecule has 0 aliphatic rings. The van der Waals surface area contributed by atoms with E-state index in [1.807, 2.05) is 49.4 Å². The Bertz CT molecular complexity index is 796. The van der Waals surface area contributed by atoms with Crippen molar-refractivity contribution >= 4 is 17.6 Å². The predicted molar refractivity (Wildman–Crippen MR) is 107 cm³/mol. The first kappa shape index (κ1) is 19.5. The summed E-state index contributed by atoms with van der Waals surface area (Å²) in [7, 11) is 0. The maximum absolute atomic E-state index is 12.0. The number of halogens is 1. The van der Waals surface area contributed by atoms with E-state index >= 15 is 0 Å². The molecule has 0 bridgehead atoms. The highest BCUT2D eigenvalue weighted by Crippen LogP contribution is 2.09. The van der Waals surface area contributed by atoms with Crippen molar-refractivity contribution in [2.24, 2.45) is 0 Å². The van der Waals surface area contributed by atoms with Crippen LogP contribution < -0.4 is 10.6 Å². The van der Waals surface area contributed by atoms with E-state index in [2.05, 4.69) is 22.2 Å². The van der Waals surface area contributed by atoms with Gasteiger partial charge < -0.3 is 10.6 Å². The summed E-state index contributed by atoms with van der Waals surface area (Å²) < 4.78 is 0. The number of aromatic nitrogens is 1. The van der Waals surface area contributed by atoms with Crippen LogP contribution in [0.2, 0.25) is 5.02 Å². The van der Waals surface area contributed by atoms with Crippen molar-refractivity contribution in [3.63, 3.8) is 0 Å². The van der Waals surface area contributed by atoms with E-state index in [0.29, 0.717) is 17.3 Å². The van der Waals surface area contributed by atoms with Crippen molar-refractivity contribution in [3.8, 4) is 0 Å². The molecule has 1 aromatic carbocycles. The van der Waals surface area contributed by atoms with Crippen LogP contribution in [0.3, 0.4) is 0 Å². The van der Waals surface area contributed by atoms with Gasteiger partial charge in [0, 0.05) is 29.7 Å². The number of carbonyl (C=O) groups is 1. The summed E-state index contributed by atoms with van der Waals surface area (Å²) in [5.41, 5.74) is 3.77. The van der Waals surface area contributed by atoms with Gasteiger partial charge in [0.15, 0.2) is 0 Å². The maximum atomic E-state index is 12.0. The Morgan fingerprint density at radius 3 is 2.46 bits per heavy atom. The number of nitrogens with one attached hydrogen (secondary N) is 2. The van der Waals surface area contributed by atoms with Crippen molar-refractivity contribution in [1.29, 1.82) is 0 Å². The highest BCUT2D eigenvalue weighted by molar-refractivity contribution is 6.30. The van der Waals surface area contributed by atoms with E-state index in [-0.39, 0.29) is 6.03 Å². The van der Waals surface area contributed by atoms with Crippen molar-refractivity contribution < 1.29 is 4.79 Å². The van der Waals surface area contributed by atoms with Gasteiger partial charge in [0.1, 0.15) is 0 Å². The van der Waals surface area contributed by atoms with Crippen LogP contribution in [0.5, 0.6) is 0 Å². The number of nitrogens with zero attached hydrogens (tertiary/aromatic N) is 1. The Morgan fingerprint density at radius 1 is 1.12 bits per heavy atom. The van der Waals surface area contributed by atoms with Gasteiger partial charge in [0.25, 0.3) is 0 Å². The van der Waals surface area contributed by atoms with Crippen LogP contribution in [0.25, 0.3) is 0 Å². The second-order valence-corrected chi connectivity index (χ2v) is 6.14. The molecule has 2 rings (SSSR count). The van der Waals surface area contributed by atoms with Gasteiger partial charge in [-0.2, -0.15) is 0 Å². The Kier molecular flexibility index (Phi) is 7.65. The highest BCUT2D eigenvalue weighted by Gasteiger charge is 2.02. The van der Waals surface area contributed by atoms with Crippen LogP contribution in [0.4, 0.5) is 4.79 Å². The number of benzene rings is 1. The number of carbonyl (C=O) groups excluding carboxylic acids is 1. The molecule has 0 unspecified atom stereocenters. The van der Waals surface area contributed by atoms with Gasteiger partial charge >= 0.3 is 6.03 Å². The molecule has 0 aliphatic heterocycles. The topological polar surface area (TPSA) is 54.0 Å². The third-order valence-corrected chi connectivity index (χ3v) is 3.87. The molecule has 2 aromatic rings. The fourth-order valence-electron chi connectivity index (χ4n) is 2.20. The summed E-state index contributed by atoms with van der Waals surface area (Å²) in [6, 6.07) is 11.0. The van der Waals surface area contributed by atoms with Gasteiger partial charge in [-0.3, -0.25) is 4.98 Å². The van der Waals surface area contributed by atoms with Gasteiger partial charge in [-0.25, -0.2) is 4.79 Å². The molecule has 0 fully saturated rings. The largest absolute Gasteiger partial charge is 0.334 e. The molecule has 0 saturated heterocycles. The van der Waals surface area contributed by atoms with Gasteiger partial charge in [-0.1, -0.05) is 48.0 Å². The van der Waals surface area contributed by atoms with Gasteiger partial charge in [-0.05, 0) is 54.8 Å². The first-order chi connectivity index (χ1) is 12.6. The Hall–Kier alpha value is -2.85. The lowest BCUT2D eigenvalue weighted by Crippen LogP contribution is -2.34. The summed E-state index contributed by atoms with van der Waals surface area (Å²) >= 11 is 5.85. The van der Waals surface area contributed by atoms with Crippen molar-refractivity contribution in [2.45, 2.75) is 19.9 Å². The number of hydrogen-bond donors (Lipinski definition) is 2. The van der Waals surface area contributed by atoms with Gasteiger partial charge in [-0.15, -0.1) is 0 Å². The zero-order chi connectivity index (χ0) is 18.8. The molecule has 5 heteroatoms. The van der Waals surface area contributed by atoms with Crippen LogP contribution in [0.15, 0.2) is 84.9 Å². The van der Waals surface area contributed by atoms with E-state index in [1.54, 1.807) is 24.5 Å². The van der Waals surface area contributed by atoms with Crippen LogP contribution in [-0.4, -0.2) is 11.0 Å². The number of urea groups is 1. The quantitative estimate of drug-likeness (QED) is 0.691. The second-order valence-electron chi connectivity index (χ2n) is 5.70. The van der Waals surface area contributed by atoms with E-state index in [9.17, 15) is 4.79 Å². The lowest BCUT2D eigenvalue weighted by molar-refractivity contribution is 0.243. The summed E-state index contributed by atoms with van der Waals surface area (Å²) in [6.07, 6.45) is 9.82. The standard InChI is InChI=1S/C21H22ClN3O/c1-3-20(9-4-16(2)14-17-10-12-23-13-11-17)25-21(26)24-15-18-5-7-19(22)8-6-18/h3-13H,2,14-15H2,1H3,(H2,24,25,26)/b9-4-,20-3+. The minimum absolute atomic E-state index is 0.266. The number of amides is 2. The molecule has 134 valence electrons. The average molecular weight is 368 g/mol. The van der Waals surface area contributed by atoms with Crippen molar-refractivity contribution in [1.82, 2.24) is 15.6 Å². The first-order valence-electron chi connectivity index (χ1n) is 8.27. The zero-order valence-corrected chi connectivity index (χ0v) is 15.5. The monoisotopic (exact) mass is 367 g/mol. The molecule has 1 heterocycles. The van der Waals surface area contributed by atoms with E-state index < -0.39 is 0 Å². The van der Waals surface area contributed by atoms with Crippen molar-refractivity contribution in [2.75, 3.05) is 0 Å². The molecule has 0 aliphatic carbocycles. The van der Waals surface area contributed by atoms with Crippen molar-refractivity contribution in [3.05, 3.63) is 101 Å². The summed E-state index contributed by atoms with van der Waals surface area (Å²) in [5, 5.41) is 6.30. The number of allylic oxidation sites excluding steroid dienone is 4. The Labute approximate surface area is 159 Å². The average Bonchev–Trinajstić information content (AvgIpc) is 2.65. The number of pyridine rings is 1. The third kappa shape index (κ3) is 6.95. The molecule has 0 atom stereocenters. The van der Waals surface area contributed by atoms with Crippen LogP contribution >= 0.6 is 11.6 Å². The summed E-state index contributed by atoms with van der Waals surface area (Å²) in [5.74, 6) is 0. The number of hydrogen-bond acceptors (Lipinski definition) is 2. The lowest BCUT2D eigenvalue weighted by atomic mass is 10.1. The molecular formula is C21H22ClN3O. The van der Waals surface area contributed by atoms with Gasteiger partial charge in [0.2, 0.25) is 0 Å². The Morgan fingerprint density at radius 2 is 1.81 bits per heavy atom. The third-order valence-electron chi connectivity index (χ3n) is 3.61. The molecule has 4 nitrogen and oxygen atoms in total. The molecule has 1 aromatic heterocycles. The summed E-state index contributed by atoms with van der Waals surface area (Å²) in [4.78, 5) is 16.0. The Balaban J connectivity index is 1.81. The minimum Gasteiger partial charge on any atom is -0.334 e. The molecule has 0 radical (unpaired) electrons. The molecule has 0 spiro atoms. The normalized spacial score (nSPS) is 11.4. The molecule has 2 amide bonds. The zero-order valence-electron chi connectivity index (χ0n) is 14.7. The van der Waals surface area contributed by atoms with Crippen LogP contribution in [-0.2, 0) is 13.0 Å². The second kappa shape index (κ2) is 10.2. The highest BCUT2D eigenvalue weighted by atomic mass is 35.5. The first-order valence-corrected chi connectivity index (χ1v) is 8.65. The maximum Gasteiger partial charge on any atom is 0.319 e. The predicted octanol–water partition coefficient (Wildman–Crippen LogP) is 4.79. The summed E-state index contributed by atoms with van der Waals surface area (Å²) in [6.45, 7) is 6.34. The van der Waals surface area contributed by atoms with Crippen LogP contribution in [0.1, 0.15) is 18.1 Å². The van der Waals surface area contributed by atoms with Crippen LogP contribution in [0, 0.1) is 0 Å². The van der Waals surface area contributed by atoms with E-state index in [4.69, 9.17) is 11.6 Å². The fourth-order valence-corrected chi connectivity index (χ4v) is 2.33. The van der Waals surface area contributed by atoms with E-state index in [0.717, 1.165) is 23.1 Å². The fraction of sp³-hybridized carbons (Fsp3) is 0.143. The smallest absolute Gasteiger partial charge is 0.319 e. The SMILES string of the molecule is C=C(/C=C\C(=C/C)NC(=O)NCc1ccc(Cl)cc1)Cc1ccncc1.